The molecule has 0 aliphatic carbocycles. The van der Waals surface area contributed by atoms with Crippen molar-refractivity contribution in [2.24, 2.45) is 0 Å². The molecule has 3 rings (SSSR count). The van der Waals surface area contributed by atoms with Crippen molar-refractivity contribution in [3.8, 4) is 5.75 Å². The molecular formula is C17H15Cl2NO2. The Morgan fingerprint density at radius 3 is 2.59 bits per heavy atom. The molecule has 1 heterocycles. The standard InChI is InChI=1S/C17H15Cl2NO2/c1-17(2)10-20(14-5-3-4-6-15(14)22-17)16(21)11-7-8-12(18)13(19)9-11/h3-9H,10H2,1-2H3. The van der Waals surface area contributed by atoms with Gasteiger partial charge in [0, 0.05) is 5.56 Å². The molecule has 1 aliphatic rings. The van der Waals surface area contributed by atoms with Crippen molar-refractivity contribution < 1.29 is 9.53 Å². The Morgan fingerprint density at radius 2 is 1.86 bits per heavy atom. The first-order chi connectivity index (χ1) is 10.4. The Morgan fingerprint density at radius 1 is 1.14 bits per heavy atom. The van der Waals surface area contributed by atoms with E-state index in [1.165, 1.54) is 0 Å². The predicted molar refractivity (Wildman–Crippen MR) is 89.3 cm³/mol. The van der Waals surface area contributed by atoms with E-state index >= 15 is 0 Å². The van der Waals surface area contributed by atoms with Crippen molar-refractivity contribution in [2.45, 2.75) is 19.4 Å². The number of halogens is 2. The van der Waals surface area contributed by atoms with E-state index in [0.29, 0.717) is 27.9 Å². The summed E-state index contributed by atoms with van der Waals surface area (Å²) in [6, 6.07) is 12.4. The van der Waals surface area contributed by atoms with Gasteiger partial charge in [0.25, 0.3) is 5.91 Å². The Labute approximate surface area is 139 Å². The molecule has 0 atom stereocenters. The Balaban J connectivity index is 2.03. The minimum atomic E-state index is -0.458. The number of amides is 1. The third kappa shape index (κ3) is 2.79. The van der Waals surface area contributed by atoms with Crippen LogP contribution in [0.1, 0.15) is 24.2 Å². The van der Waals surface area contributed by atoms with Gasteiger partial charge >= 0.3 is 0 Å². The molecule has 22 heavy (non-hydrogen) atoms. The number of carbonyl (C=O) groups is 1. The number of benzene rings is 2. The zero-order valence-electron chi connectivity index (χ0n) is 12.3. The lowest BCUT2D eigenvalue weighted by Gasteiger charge is -2.39. The summed E-state index contributed by atoms with van der Waals surface area (Å²) < 4.78 is 5.94. The Hall–Kier alpha value is -1.71. The van der Waals surface area contributed by atoms with Gasteiger partial charge in [-0.3, -0.25) is 4.79 Å². The lowest BCUT2D eigenvalue weighted by atomic mass is 10.0. The number of rotatable bonds is 1. The van der Waals surface area contributed by atoms with Crippen LogP contribution in [-0.4, -0.2) is 18.1 Å². The van der Waals surface area contributed by atoms with Crippen LogP contribution in [0, 0.1) is 0 Å². The van der Waals surface area contributed by atoms with Gasteiger partial charge in [0.15, 0.2) is 0 Å². The fourth-order valence-corrected chi connectivity index (χ4v) is 2.83. The number of fused-ring (bicyclic) bond motifs is 1. The third-order valence-corrected chi connectivity index (χ3v) is 4.23. The first-order valence-electron chi connectivity index (χ1n) is 6.92. The highest BCUT2D eigenvalue weighted by Crippen LogP contribution is 2.37. The van der Waals surface area contributed by atoms with Crippen LogP contribution in [0.2, 0.25) is 10.0 Å². The van der Waals surface area contributed by atoms with Gasteiger partial charge in [-0.2, -0.15) is 0 Å². The van der Waals surface area contributed by atoms with E-state index in [-0.39, 0.29) is 5.91 Å². The van der Waals surface area contributed by atoms with Gasteiger partial charge < -0.3 is 9.64 Å². The molecule has 2 aromatic carbocycles. The average molecular weight is 336 g/mol. The SMILES string of the molecule is CC1(C)CN(C(=O)c2ccc(Cl)c(Cl)c2)c2ccccc2O1. The van der Waals surface area contributed by atoms with Crippen LogP contribution < -0.4 is 9.64 Å². The van der Waals surface area contributed by atoms with E-state index in [1.807, 2.05) is 38.1 Å². The normalized spacial score (nSPS) is 15.9. The summed E-state index contributed by atoms with van der Waals surface area (Å²) in [6.07, 6.45) is 0. The molecule has 2 aromatic rings. The molecule has 114 valence electrons. The van der Waals surface area contributed by atoms with Crippen LogP contribution in [0.15, 0.2) is 42.5 Å². The van der Waals surface area contributed by atoms with Crippen LogP contribution in [-0.2, 0) is 0 Å². The Bertz CT molecular complexity index is 743. The average Bonchev–Trinajstić information content (AvgIpc) is 2.47. The van der Waals surface area contributed by atoms with Gasteiger partial charge in [-0.15, -0.1) is 0 Å². The number of anilines is 1. The van der Waals surface area contributed by atoms with Crippen molar-refractivity contribution in [1.29, 1.82) is 0 Å². The number of para-hydroxylation sites is 2. The van der Waals surface area contributed by atoms with E-state index in [4.69, 9.17) is 27.9 Å². The lowest BCUT2D eigenvalue weighted by Crippen LogP contribution is -2.49. The summed E-state index contributed by atoms with van der Waals surface area (Å²) in [4.78, 5) is 14.6. The van der Waals surface area contributed by atoms with Crippen LogP contribution in [0.4, 0.5) is 5.69 Å². The monoisotopic (exact) mass is 335 g/mol. The topological polar surface area (TPSA) is 29.5 Å². The van der Waals surface area contributed by atoms with Gasteiger partial charge in [-0.05, 0) is 44.2 Å². The summed E-state index contributed by atoms with van der Waals surface area (Å²) in [7, 11) is 0. The molecule has 0 saturated carbocycles. The maximum Gasteiger partial charge on any atom is 0.258 e. The summed E-state index contributed by atoms with van der Waals surface area (Å²) in [5, 5.41) is 0.800. The van der Waals surface area contributed by atoms with Crippen LogP contribution >= 0.6 is 23.2 Å². The molecule has 0 unspecified atom stereocenters. The predicted octanol–water partition coefficient (Wildman–Crippen LogP) is 4.81. The minimum absolute atomic E-state index is 0.123. The second-order valence-electron chi connectivity index (χ2n) is 5.85. The maximum atomic E-state index is 12.9. The van der Waals surface area contributed by atoms with Crippen molar-refractivity contribution in [3.05, 3.63) is 58.1 Å². The molecule has 1 amide bonds. The second kappa shape index (κ2) is 5.49. The van der Waals surface area contributed by atoms with E-state index in [0.717, 1.165) is 5.69 Å². The zero-order valence-corrected chi connectivity index (χ0v) is 13.8. The molecule has 1 aliphatic heterocycles. The highest BCUT2D eigenvalue weighted by atomic mass is 35.5. The highest BCUT2D eigenvalue weighted by molar-refractivity contribution is 6.42. The van der Waals surface area contributed by atoms with Gasteiger partial charge in [0.2, 0.25) is 0 Å². The molecule has 0 N–H and O–H groups in total. The van der Waals surface area contributed by atoms with Crippen molar-refractivity contribution >= 4 is 34.8 Å². The van der Waals surface area contributed by atoms with E-state index in [2.05, 4.69) is 0 Å². The fraction of sp³-hybridized carbons (Fsp3) is 0.235. The number of carbonyl (C=O) groups excluding carboxylic acids is 1. The fourth-order valence-electron chi connectivity index (χ4n) is 2.53. The maximum absolute atomic E-state index is 12.9. The lowest BCUT2D eigenvalue weighted by molar-refractivity contribution is 0.0837. The molecule has 0 spiro atoms. The van der Waals surface area contributed by atoms with Gasteiger partial charge in [-0.25, -0.2) is 0 Å². The highest BCUT2D eigenvalue weighted by Gasteiger charge is 2.35. The molecule has 0 fully saturated rings. The van der Waals surface area contributed by atoms with E-state index in [9.17, 15) is 4.79 Å². The largest absolute Gasteiger partial charge is 0.484 e. The van der Waals surface area contributed by atoms with Gasteiger partial charge in [0.05, 0.1) is 22.3 Å². The third-order valence-electron chi connectivity index (χ3n) is 3.49. The first kappa shape index (κ1) is 15.2. The quantitative estimate of drug-likeness (QED) is 0.748. The van der Waals surface area contributed by atoms with E-state index < -0.39 is 5.60 Å². The molecule has 5 heteroatoms. The zero-order chi connectivity index (χ0) is 15.9. The minimum Gasteiger partial charge on any atom is -0.484 e. The molecule has 0 radical (unpaired) electrons. The van der Waals surface area contributed by atoms with Crippen LogP contribution in [0.25, 0.3) is 0 Å². The summed E-state index contributed by atoms with van der Waals surface area (Å²) in [5.41, 5.74) is 0.806. The van der Waals surface area contributed by atoms with Crippen molar-refractivity contribution in [2.75, 3.05) is 11.4 Å². The molecule has 0 aromatic heterocycles. The smallest absolute Gasteiger partial charge is 0.258 e. The summed E-state index contributed by atoms with van der Waals surface area (Å²) in [5.74, 6) is 0.578. The van der Waals surface area contributed by atoms with Gasteiger partial charge in [0.1, 0.15) is 11.4 Å². The number of hydrogen-bond acceptors (Lipinski definition) is 2. The molecule has 0 bridgehead atoms. The molecule has 0 saturated heterocycles. The molecular weight excluding hydrogens is 321 g/mol. The van der Waals surface area contributed by atoms with Crippen molar-refractivity contribution in [3.63, 3.8) is 0 Å². The second-order valence-corrected chi connectivity index (χ2v) is 6.66. The van der Waals surface area contributed by atoms with Crippen LogP contribution in [0.5, 0.6) is 5.75 Å². The number of hydrogen-bond donors (Lipinski definition) is 0. The first-order valence-corrected chi connectivity index (χ1v) is 7.68. The summed E-state index contributed by atoms with van der Waals surface area (Å²) >= 11 is 11.9. The van der Waals surface area contributed by atoms with Crippen LogP contribution in [0.3, 0.4) is 0 Å². The Kier molecular flexibility index (Phi) is 3.79. The number of ether oxygens (including phenoxy) is 1. The molecule has 3 nitrogen and oxygen atoms in total. The van der Waals surface area contributed by atoms with Gasteiger partial charge in [-0.1, -0.05) is 35.3 Å². The number of nitrogens with zero attached hydrogens (tertiary/aromatic N) is 1. The van der Waals surface area contributed by atoms with Crippen molar-refractivity contribution in [1.82, 2.24) is 0 Å². The van der Waals surface area contributed by atoms with E-state index in [1.54, 1.807) is 23.1 Å². The summed E-state index contributed by atoms with van der Waals surface area (Å²) in [6.45, 7) is 4.37.